The Morgan fingerprint density at radius 2 is 0.653 bits per heavy atom. The van der Waals surface area contributed by atoms with Crippen molar-refractivity contribution < 1.29 is 130 Å². The third kappa shape index (κ3) is 62.8. The van der Waals surface area contributed by atoms with Gasteiger partial charge in [0.15, 0.2) is 0 Å². The van der Waals surface area contributed by atoms with Crippen molar-refractivity contribution in [3.05, 3.63) is 239 Å². The molecule has 0 saturated carbocycles. The largest absolute Gasteiger partial charge is 1.00 e. The van der Waals surface area contributed by atoms with Gasteiger partial charge in [0.2, 0.25) is 0 Å². The second-order valence-corrected chi connectivity index (χ2v) is 61.0. The molecule has 0 N–H and O–H groups in total. The van der Waals surface area contributed by atoms with Crippen molar-refractivity contribution in [2.75, 3.05) is 20.4 Å². The van der Waals surface area contributed by atoms with Crippen LogP contribution in [0.2, 0.25) is 39.3 Å². The first-order valence-electron chi connectivity index (χ1n) is 49.9. The molecular formula is C116H146BBrFK2N2O4S15Si2. The van der Waals surface area contributed by atoms with Gasteiger partial charge in [0.1, 0.15) is 16.1 Å². The Bertz CT molecular complexity index is 5790. The van der Waals surface area contributed by atoms with Crippen LogP contribution in [0.15, 0.2) is 194 Å². The Kier molecular flexibility index (Phi) is 81.7. The van der Waals surface area contributed by atoms with Gasteiger partial charge in [0.25, 0.3) is 6.47 Å². The Morgan fingerprint density at radius 3 is 0.861 bits per heavy atom. The molecule has 1 radical (unpaired) electrons. The summed E-state index contributed by atoms with van der Waals surface area (Å²) in [5, 5.41) is 22.1. The third-order valence-electron chi connectivity index (χ3n) is 20.3. The van der Waals surface area contributed by atoms with E-state index in [1.807, 2.05) is 108 Å². The first-order valence-corrected chi connectivity index (χ1v) is 69.1. The number of carbonyl (C=O) groups excluding carboxylic acids is 1. The van der Waals surface area contributed by atoms with E-state index in [4.69, 9.17) is 34.3 Å². The Balaban J connectivity index is 0.000000857. The number of rotatable bonds is 38. The molecule has 761 valence electrons. The summed E-state index contributed by atoms with van der Waals surface area (Å²) in [6, 6.07) is 63.4. The molecule has 0 aromatic carbocycles. The molecular weight excluding hydrogens is 2210 g/mol. The van der Waals surface area contributed by atoms with Crippen LogP contribution in [0.1, 0.15) is 267 Å². The zero-order valence-electron chi connectivity index (χ0n) is 89.4. The molecule has 0 aliphatic carbocycles. The van der Waals surface area contributed by atoms with E-state index in [-0.39, 0.29) is 111 Å². The molecule has 1 fully saturated rings. The number of carbonyl (C=O) groups is 1. The molecule has 28 heteroatoms. The van der Waals surface area contributed by atoms with E-state index in [2.05, 4.69) is 353 Å². The fraction of sp³-hybridized carbons (Fsp3) is 0.414. The van der Waals surface area contributed by atoms with E-state index in [0.29, 0.717) is 0 Å². The Morgan fingerprint density at radius 1 is 0.424 bits per heavy atom. The number of hydrogen-bond acceptors (Lipinski definition) is 21. The predicted octanol–water partition coefficient (Wildman–Crippen LogP) is 34.9. The molecule has 0 spiro atoms. The number of nitrogens with zero attached hydrogens (tertiary/aromatic N) is 2. The average Bonchev–Trinajstić information content (AvgIpc) is 1.71. The van der Waals surface area contributed by atoms with Crippen LogP contribution in [0.4, 0.5) is 4.39 Å². The van der Waals surface area contributed by atoms with E-state index in [9.17, 15) is 4.39 Å². The number of aryl methyl sites for hydroxylation is 6. The summed E-state index contributed by atoms with van der Waals surface area (Å²) < 4.78 is 24.4. The molecule has 6 nitrogen and oxygen atoms in total. The van der Waals surface area contributed by atoms with Crippen molar-refractivity contribution in [3.8, 4) is 134 Å². The summed E-state index contributed by atoms with van der Waals surface area (Å²) in [7, 11) is 0.953. The standard InChI is InChI=1S/C32H34S4.C19H26S2Si.C16H18S2.C14H17BrS2.C14H18S2.C8H6S2.C5H10Si.C4H8O.C2H3N.CH3F.CH2O3.BHNS.2K.H/c1-3-5-7-9-13-25-17-21-29(33-25)31-23-19-27(35-31)15-11-12-16-28-20-24-32(36-28)30-22-18-26(34-30)14-10-8-6-4-2;1-5-6-7-8-9-16-10-12-18(20-16)19-13-11-17(21-19)14-15-22(2,3)4;1-3-5-6-7-8-14-10-12-16(18-14)15-11-9-13(4-2)17-15;1-2-3-4-5-6-11-7-8-12(16-11)13-9-10-14(15)17-13;1-2-3-4-5-7-12-9-10-14(16-12)13-8-6-11-15-13;1-3-7(9-5-1)8-4-2-6-10-8;1-5-6(2,3)4;1-2-4-5-3-1;1-2-3;1-2;2-1-4-3;1-2-3;;;/h17-24H,3-10,13-14H2,1-2H3;10-13H,5-9H2,1-4H3;2,9-12H,3,5-8H2,1H3;7-10H,2-6H2,1H3;6,8-11H,2-5,7H2,1H3;1-6H;1H,2-4H3;1-4H2;1H3;1H3;1,3H;3H;;;/q;;;;;;;;;;;;2*+1;-1/p-1/i;;;;;;;;;1D;;;;;. The molecule has 0 bridgehead atoms. The van der Waals surface area contributed by atoms with Crippen molar-refractivity contribution in [2.24, 2.45) is 4.30 Å². The molecule has 15 heterocycles. The van der Waals surface area contributed by atoms with Crippen molar-refractivity contribution in [3.63, 3.8) is 0 Å². The fourth-order valence-corrected chi connectivity index (χ4v) is 27.6. The number of unbranched alkanes of at least 4 members (excludes halogenated alkanes) is 18. The monoisotopic (exact) mass is 2350 g/mol. The van der Waals surface area contributed by atoms with Crippen LogP contribution in [0.25, 0.3) is 68.3 Å². The van der Waals surface area contributed by atoms with Gasteiger partial charge >= 0.3 is 128 Å². The molecule has 0 atom stereocenters. The number of halogens is 2. The molecule has 1 aliphatic rings. The topological polar surface area (TPSA) is 94.7 Å². The van der Waals surface area contributed by atoms with Crippen LogP contribution in [0.5, 0.6) is 0 Å². The summed E-state index contributed by atoms with van der Waals surface area (Å²) in [4.78, 5) is 43.8. The second kappa shape index (κ2) is 87.2. The van der Waals surface area contributed by atoms with Gasteiger partial charge in [0, 0.05) is 118 Å². The second-order valence-electron chi connectivity index (χ2n) is 34.5. The summed E-state index contributed by atoms with van der Waals surface area (Å²) in [5.74, 6) is 18.7. The zero-order valence-corrected chi connectivity index (χ0v) is 110. The minimum Gasteiger partial charge on any atom is -1.00 e. The minimum atomic E-state index is -1.28. The van der Waals surface area contributed by atoms with Crippen molar-refractivity contribution in [2.45, 2.75) is 293 Å². The van der Waals surface area contributed by atoms with E-state index >= 15 is 0 Å². The molecule has 1 saturated heterocycles. The van der Waals surface area contributed by atoms with E-state index in [0.717, 1.165) is 27.8 Å². The van der Waals surface area contributed by atoms with E-state index in [1.165, 1.54) is 314 Å². The Hall–Kier alpha value is -3.19. The van der Waals surface area contributed by atoms with Gasteiger partial charge in [-0.15, -0.1) is 183 Å². The summed E-state index contributed by atoms with van der Waals surface area (Å²) in [5.41, 5.74) is 6.19. The molecule has 15 rings (SSSR count). The van der Waals surface area contributed by atoms with Gasteiger partial charge in [-0.25, -0.2) is 0 Å². The van der Waals surface area contributed by atoms with E-state index in [1.54, 1.807) is 67.6 Å². The van der Waals surface area contributed by atoms with Gasteiger partial charge in [0.05, 0.1) is 37.9 Å². The van der Waals surface area contributed by atoms with Gasteiger partial charge in [-0.2, -0.15) is 5.26 Å². The number of nitriles is 1. The third-order valence-corrected chi connectivity index (χ3v) is 38.6. The minimum absolute atomic E-state index is 0. The van der Waals surface area contributed by atoms with Gasteiger partial charge in [-0.05, 0) is 297 Å². The Labute approximate surface area is 1030 Å². The number of hydrogen-bond donors (Lipinski definition) is 1. The first kappa shape index (κ1) is 135. The van der Waals surface area contributed by atoms with Crippen LogP contribution in [-0.4, -0.2) is 50.6 Å². The maximum absolute atomic E-state index is 9.96. The van der Waals surface area contributed by atoms with Gasteiger partial charge in [-0.1, -0.05) is 226 Å². The van der Waals surface area contributed by atoms with Gasteiger partial charge < -0.3 is 16.3 Å². The number of ether oxygens (including phenoxy) is 1. The molecule has 0 unspecified atom stereocenters. The summed E-state index contributed by atoms with van der Waals surface area (Å²) in [6.45, 7) is 30.1. The molecule has 0 amide bonds. The number of alkyl halides is 1. The molecule has 1 aliphatic heterocycles. The van der Waals surface area contributed by atoms with Crippen molar-refractivity contribution >= 4 is 218 Å². The van der Waals surface area contributed by atoms with Crippen LogP contribution in [-0.2, 0) is 52.9 Å². The van der Waals surface area contributed by atoms with Crippen LogP contribution in [0.3, 0.4) is 0 Å². The predicted molar refractivity (Wildman–Crippen MR) is 656 cm³/mol. The summed E-state index contributed by atoms with van der Waals surface area (Å²) >= 11 is 32.6. The maximum Gasteiger partial charge on any atom is 1.00 e. The van der Waals surface area contributed by atoms with Gasteiger partial charge in [-0.3, -0.25) is 9.18 Å². The maximum atomic E-state index is 9.96. The van der Waals surface area contributed by atoms with E-state index < -0.39 is 23.3 Å². The zero-order chi connectivity index (χ0) is 104. The van der Waals surface area contributed by atoms with Crippen molar-refractivity contribution in [1.82, 2.24) is 0 Å². The SMILES string of the molecule is C#C[Si](C)(C)C.C#Cc1ccc(-c2ccc(CCCCCC)s2)s1.C1CCOC1.CC#N.CCCCCCc1ccc(-c2ccc(Br)s2)s1.CCCCCCc1ccc(-c2ccc(C#CC#Cc3ccc(-c4ccc(CCCCCC)s4)s3)s2)s1.CCCCCCc1ccc(-c2ccc(C#C[Si](C)(C)C)s2)s1.CCCCCCc1ccc(-c2cccs2)s1.O=CO[O-].[2H]CF.[B]=NS.[H-].[K+].[K+].c1csc(-c2cccs2)c1. The molecule has 14 aromatic rings. The van der Waals surface area contributed by atoms with Crippen LogP contribution >= 0.6 is 187 Å². The number of terminal acetylenes is 2. The quantitative estimate of drug-likeness (QED) is 0.00791. The number of thiol groups is 1. The fourth-order valence-electron chi connectivity index (χ4n) is 13.0. The molecule has 14 aromatic heterocycles. The van der Waals surface area contributed by atoms with Crippen molar-refractivity contribution in [1.29, 1.82) is 5.26 Å². The molecule has 144 heavy (non-hydrogen) atoms. The summed E-state index contributed by atoms with van der Waals surface area (Å²) in [6.07, 6.45) is 52.5. The van der Waals surface area contributed by atoms with Crippen LogP contribution < -0.4 is 108 Å². The first-order chi connectivity index (χ1) is 69.4. The number of thiophene rings is 14. The average molecular weight is 2360 g/mol. The van der Waals surface area contributed by atoms with Crippen LogP contribution in [0, 0.1) is 70.8 Å². The smallest absolute Gasteiger partial charge is 1.00 e. The normalized spacial score (nSPS) is 10.5.